The summed E-state index contributed by atoms with van der Waals surface area (Å²) in [6, 6.07) is 6.13. The Hall–Kier alpha value is -1.51. The van der Waals surface area contributed by atoms with E-state index in [1.807, 2.05) is 26.0 Å². The van der Waals surface area contributed by atoms with Gasteiger partial charge in [0.2, 0.25) is 0 Å². The van der Waals surface area contributed by atoms with Gasteiger partial charge < -0.3 is 19.7 Å². The molecule has 0 saturated carbocycles. The summed E-state index contributed by atoms with van der Waals surface area (Å²) in [5.74, 6) is 1.54. The van der Waals surface area contributed by atoms with Gasteiger partial charge in [-0.2, -0.15) is 0 Å². The number of guanidine groups is 1. The summed E-state index contributed by atoms with van der Waals surface area (Å²) in [6.45, 7) is 6.54. The fourth-order valence-corrected chi connectivity index (χ4v) is 3.19. The highest BCUT2D eigenvalue weighted by molar-refractivity contribution is 14.0. The monoisotopic (exact) mass is 475 g/mol. The van der Waals surface area contributed by atoms with Crippen LogP contribution in [0.15, 0.2) is 23.2 Å². The van der Waals surface area contributed by atoms with Crippen LogP contribution in [0.3, 0.4) is 0 Å². The van der Waals surface area contributed by atoms with Gasteiger partial charge in [-0.05, 0) is 43.9 Å². The molecule has 7 heteroatoms. The fourth-order valence-electron chi connectivity index (χ4n) is 3.19. The number of aliphatic imine (C=N–C) groups is 1. The first-order chi connectivity index (χ1) is 12.1. The number of halogens is 1. The SMILES string of the molecule is CCOC(=O)C1CCCN(C(=NC)NCc2ccc(OC)c(C)c2)C1.I. The average Bonchev–Trinajstić information content (AvgIpc) is 2.63. The molecule has 0 bridgehead atoms. The Morgan fingerprint density at radius 2 is 2.19 bits per heavy atom. The molecule has 0 radical (unpaired) electrons. The molecule has 1 aromatic rings. The summed E-state index contributed by atoms with van der Waals surface area (Å²) in [6.07, 6.45) is 1.84. The number of esters is 1. The predicted octanol–water partition coefficient (Wildman–Crippen LogP) is 2.97. The zero-order valence-electron chi connectivity index (χ0n) is 16.1. The summed E-state index contributed by atoms with van der Waals surface area (Å²) in [7, 11) is 3.45. The number of hydrogen-bond acceptors (Lipinski definition) is 4. The van der Waals surface area contributed by atoms with Gasteiger partial charge in [-0.15, -0.1) is 24.0 Å². The van der Waals surface area contributed by atoms with Crippen molar-refractivity contribution in [3.8, 4) is 5.75 Å². The first kappa shape index (κ1) is 22.5. The van der Waals surface area contributed by atoms with Crippen LogP contribution in [0.5, 0.6) is 5.75 Å². The van der Waals surface area contributed by atoms with E-state index in [4.69, 9.17) is 9.47 Å². The highest BCUT2D eigenvalue weighted by Crippen LogP contribution is 2.20. The molecule has 0 aliphatic carbocycles. The maximum Gasteiger partial charge on any atom is 0.310 e. The largest absolute Gasteiger partial charge is 0.496 e. The number of carbonyl (C=O) groups excluding carboxylic acids is 1. The average molecular weight is 475 g/mol. The molecule has 1 aromatic carbocycles. The minimum Gasteiger partial charge on any atom is -0.496 e. The molecular formula is C19H30IN3O3. The topological polar surface area (TPSA) is 63.2 Å². The third-order valence-electron chi connectivity index (χ3n) is 4.46. The lowest BCUT2D eigenvalue weighted by molar-refractivity contribution is -0.149. The Bertz CT molecular complexity index is 622. The molecule has 2 rings (SSSR count). The third-order valence-corrected chi connectivity index (χ3v) is 4.46. The van der Waals surface area contributed by atoms with Crippen molar-refractivity contribution < 1.29 is 14.3 Å². The fraction of sp³-hybridized carbons (Fsp3) is 0.579. The van der Waals surface area contributed by atoms with Gasteiger partial charge in [-0.25, -0.2) is 0 Å². The van der Waals surface area contributed by atoms with Crippen LogP contribution in [-0.2, 0) is 16.1 Å². The first-order valence-electron chi connectivity index (χ1n) is 8.84. The van der Waals surface area contributed by atoms with Crippen molar-refractivity contribution in [3.63, 3.8) is 0 Å². The van der Waals surface area contributed by atoms with Crippen LogP contribution < -0.4 is 10.1 Å². The van der Waals surface area contributed by atoms with Crippen LogP contribution in [0, 0.1) is 12.8 Å². The van der Waals surface area contributed by atoms with Crippen molar-refractivity contribution in [2.75, 3.05) is 33.9 Å². The summed E-state index contributed by atoms with van der Waals surface area (Å²) in [4.78, 5) is 18.5. The van der Waals surface area contributed by atoms with Crippen LogP contribution >= 0.6 is 24.0 Å². The molecule has 1 saturated heterocycles. The Morgan fingerprint density at radius 3 is 2.81 bits per heavy atom. The van der Waals surface area contributed by atoms with Crippen molar-refractivity contribution in [3.05, 3.63) is 29.3 Å². The number of aryl methyl sites for hydroxylation is 1. The Kier molecular flexibility index (Phi) is 9.75. The molecule has 26 heavy (non-hydrogen) atoms. The maximum atomic E-state index is 12.0. The van der Waals surface area contributed by atoms with Gasteiger partial charge in [0.1, 0.15) is 5.75 Å². The second-order valence-electron chi connectivity index (χ2n) is 6.24. The molecule has 1 N–H and O–H groups in total. The van der Waals surface area contributed by atoms with Crippen molar-refractivity contribution >= 4 is 35.9 Å². The van der Waals surface area contributed by atoms with Crippen LogP contribution in [0.2, 0.25) is 0 Å². The van der Waals surface area contributed by atoms with Crippen molar-refractivity contribution in [2.45, 2.75) is 33.2 Å². The second kappa shape index (κ2) is 11.3. The highest BCUT2D eigenvalue weighted by Gasteiger charge is 2.28. The van der Waals surface area contributed by atoms with Gasteiger partial charge in [0, 0.05) is 26.7 Å². The quantitative estimate of drug-likeness (QED) is 0.307. The molecule has 0 spiro atoms. The lowest BCUT2D eigenvalue weighted by atomic mass is 9.98. The smallest absolute Gasteiger partial charge is 0.310 e. The van der Waals surface area contributed by atoms with E-state index >= 15 is 0 Å². The van der Waals surface area contributed by atoms with E-state index in [0.29, 0.717) is 19.7 Å². The summed E-state index contributed by atoms with van der Waals surface area (Å²) in [5, 5.41) is 3.39. The number of nitrogens with one attached hydrogen (secondary N) is 1. The zero-order valence-corrected chi connectivity index (χ0v) is 18.4. The van der Waals surface area contributed by atoms with E-state index in [1.165, 1.54) is 5.56 Å². The van der Waals surface area contributed by atoms with Crippen molar-refractivity contribution in [1.29, 1.82) is 0 Å². The third kappa shape index (κ3) is 6.03. The molecule has 0 amide bonds. The van der Waals surface area contributed by atoms with Gasteiger partial charge in [0.05, 0.1) is 19.6 Å². The molecule has 1 atom stereocenters. The molecule has 6 nitrogen and oxygen atoms in total. The van der Waals surface area contributed by atoms with E-state index < -0.39 is 0 Å². The van der Waals surface area contributed by atoms with Crippen LogP contribution in [0.4, 0.5) is 0 Å². The number of ether oxygens (including phenoxy) is 2. The summed E-state index contributed by atoms with van der Waals surface area (Å²) in [5.41, 5.74) is 2.27. The molecule has 0 aromatic heterocycles. The van der Waals surface area contributed by atoms with Crippen LogP contribution in [-0.4, -0.2) is 50.7 Å². The summed E-state index contributed by atoms with van der Waals surface area (Å²) < 4.78 is 10.5. The number of methoxy groups -OCH3 is 1. The number of piperidine rings is 1. The van der Waals surface area contributed by atoms with Crippen molar-refractivity contribution in [1.82, 2.24) is 10.2 Å². The minimum absolute atomic E-state index is 0. The number of hydrogen-bond donors (Lipinski definition) is 1. The highest BCUT2D eigenvalue weighted by atomic mass is 127. The number of likely N-dealkylation sites (tertiary alicyclic amines) is 1. The van der Waals surface area contributed by atoms with Crippen LogP contribution in [0.25, 0.3) is 0 Å². The van der Waals surface area contributed by atoms with Crippen LogP contribution in [0.1, 0.15) is 30.9 Å². The van der Waals surface area contributed by atoms with Gasteiger partial charge >= 0.3 is 5.97 Å². The standard InChI is InChI=1S/C19H29N3O3.HI/c1-5-25-18(23)16-7-6-10-22(13-16)19(20-3)21-12-15-8-9-17(24-4)14(2)11-15;/h8-9,11,16H,5-7,10,12-13H2,1-4H3,(H,20,21);1H. The Labute approximate surface area is 173 Å². The molecule has 1 heterocycles. The van der Waals surface area contributed by atoms with E-state index in [9.17, 15) is 4.79 Å². The molecular weight excluding hydrogens is 445 g/mol. The number of rotatable bonds is 5. The van der Waals surface area contributed by atoms with Gasteiger partial charge in [-0.1, -0.05) is 12.1 Å². The lowest BCUT2D eigenvalue weighted by Gasteiger charge is -2.34. The molecule has 1 unspecified atom stereocenters. The molecule has 1 aliphatic heterocycles. The maximum absolute atomic E-state index is 12.0. The predicted molar refractivity (Wildman–Crippen MR) is 114 cm³/mol. The van der Waals surface area contributed by atoms with Gasteiger partial charge in [0.25, 0.3) is 0 Å². The number of benzene rings is 1. The summed E-state index contributed by atoms with van der Waals surface area (Å²) >= 11 is 0. The molecule has 1 aliphatic rings. The van der Waals surface area contributed by atoms with Crippen molar-refractivity contribution in [2.24, 2.45) is 10.9 Å². The Morgan fingerprint density at radius 1 is 1.42 bits per heavy atom. The van der Waals surface area contributed by atoms with E-state index in [1.54, 1.807) is 14.2 Å². The van der Waals surface area contributed by atoms with E-state index in [0.717, 1.165) is 36.7 Å². The normalized spacial score (nSPS) is 17.3. The minimum atomic E-state index is -0.103. The zero-order chi connectivity index (χ0) is 18.2. The lowest BCUT2D eigenvalue weighted by Crippen LogP contribution is -2.48. The van der Waals surface area contributed by atoms with E-state index in [-0.39, 0.29) is 35.9 Å². The van der Waals surface area contributed by atoms with E-state index in [2.05, 4.69) is 21.3 Å². The molecule has 1 fully saturated rings. The molecule has 146 valence electrons. The Balaban J connectivity index is 0.00000338. The van der Waals surface area contributed by atoms with Gasteiger partial charge in [-0.3, -0.25) is 9.79 Å². The van der Waals surface area contributed by atoms with Gasteiger partial charge in [0.15, 0.2) is 5.96 Å². The number of nitrogens with zero attached hydrogens (tertiary/aromatic N) is 2. The second-order valence-corrected chi connectivity index (χ2v) is 6.24. The first-order valence-corrected chi connectivity index (χ1v) is 8.84. The number of carbonyl (C=O) groups is 1.